The van der Waals surface area contributed by atoms with Crippen LogP contribution in [0.5, 0.6) is 0 Å². The lowest BCUT2D eigenvalue weighted by molar-refractivity contribution is -0.137. The molecule has 0 saturated heterocycles. The Morgan fingerprint density at radius 3 is 3.00 bits per heavy atom. The van der Waals surface area contributed by atoms with Crippen LogP contribution in [-0.2, 0) is 4.79 Å². The van der Waals surface area contributed by atoms with E-state index < -0.39 is 5.97 Å². The molecule has 3 N–H and O–H groups in total. The SMILES string of the molecule is NC(CC(=O)O)C1=CC=CCC1. The summed E-state index contributed by atoms with van der Waals surface area (Å²) in [4.78, 5) is 10.3. The van der Waals surface area contributed by atoms with E-state index >= 15 is 0 Å². The molecule has 1 aliphatic carbocycles. The van der Waals surface area contributed by atoms with Crippen molar-refractivity contribution in [2.75, 3.05) is 0 Å². The number of nitrogens with two attached hydrogens (primary N) is 1. The first kappa shape index (κ1) is 9.00. The second-order valence-corrected chi connectivity index (χ2v) is 2.91. The number of hydrogen-bond acceptors (Lipinski definition) is 2. The minimum absolute atomic E-state index is 0.0275. The molecular weight excluding hydrogens is 154 g/mol. The maximum Gasteiger partial charge on any atom is 0.305 e. The van der Waals surface area contributed by atoms with Crippen LogP contribution in [0, 0.1) is 0 Å². The Balaban J connectivity index is 2.51. The molecule has 3 nitrogen and oxygen atoms in total. The third-order valence-electron chi connectivity index (χ3n) is 1.92. The summed E-state index contributed by atoms with van der Waals surface area (Å²) in [6.07, 6.45) is 7.79. The highest BCUT2D eigenvalue weighted by molar-refractivity contribution is 5.68. The van der Waals surface area contributed by atoms with Gasteiger partial charge in [0.15, 0.2) is 0 Å². The Morgan fingerprint density at radius 1 is 1.75 bits per heavy atom. The number of carboxylic acids is 1. The molecule has 0 aromatic carbocycles. The molecule has 1 atom stereocenters. The molecule has 0 heterocycles. The molecule has 0 amide bonds. The molecule has 0 bridgehead atoms. The van der Waals surface area contributed by atoms with Gasteiger partial charge in [-0.15, -0.1) is 0 Å². The molecule has 1 unspecified atom stereocenters. The first-order valence-electron chi connectivity index (χ1n) is 4.03. The van der Waals surface area contributed by atoms with E-state index in [9.17, 15) is 4.79 Å². The van der Waals surface area contributed by atoms with Gasteiger partial charge >= 0.3 is 5.97 Å². The van der Waals surface area contributed by atoms with Crippen molar-refractivity contribution in [1.82, 2.24) is 0 Å². The van der Waals surface area contributed by atoms with Gasteiger partial charge in [0.25, 0.3) is 0 Å². The zero-order valence-electron chi connectivity index (χ0n) is 6.86. The summed E-state index contributed by atoms with van der Waals surface area (Å²) in [5.74, 6) is -0.835. The fourth-order valence-electron chi connectivity index (χ4n) is 1.25. The minimum Gasteiger partial charge on any atom is -0.481 e. The zero-order valence-corrected chi connectivity index (χ0v) is 6.86. The van der Waals surface area contributed by atoms with Crippen molar-refractivity contribution in [3.8, 4) is 0 Å². The second kappa shape index (κ2) is 4.07. The van der Waals surface area contributed by atoms with E-state index in [1.54, 1.807) is 0 Å². The van der Waals surface area contributed by atoms with E-state index in [2.05, 4.69) is 6.08 Å². The van der Waals surface area contributed by atoms with Crippen LogP contribution in [0.25, 0.3) is 0 Å². The Morgan fingerprint density at radius 2 is 2.50 bits per heavy atom. The molecule has 1 aliphatic rings. The van der Waals surface area contributed by atoms with E-state index in [1.807, 2.05) is 12.2 Å². The summed E-state index contributed by atoms with van der Waals surface area (Å²) in [6, 6.07) is -0.313. The van der Waals surface area contributed by atoms with E-state index in [0.29, 0.717) is 0 Å². The van der Waals surface area contributed by atoms with Gasteiger partial charge in [0.1, 0.15) is 0 Å². The average molecular weight is 167 g/mol. The third-order valence-corrected chi connectivity index (χ3v) is 1.92. The van der Waals surface area contributed by atoms with Gasteiger partial charge in [-0.2, -0.15) is 0 Å². The van der Waals surface area contributed by atoms with Crippen LogP contribution in [0.15, 0.2) is 23.8 Å². The highest BCUT2D eigenvalue weighted by atomic mass is 16.4. The molecule has 0 saturated carbocycles. The van der Waals surface area contributed by atoms with Gasteiger partial charge in [0.2, 0.25) is 0 Å². The number of aliphatic carboxylic acids is 1. The summed E-state index contributed by atoms with van der Waals surface area (Å²) in [5, 5.41) is 8.49. The highest BCUT2D eigenvalue weighted by Crippen LogP contribution is 2.15. The van der Waals surface area contributed by atoms with Gasteiger partial charge in [-0.05, 0) is 12.8 Å². The molecule has 12 heavy (non-hydrogen) atoms. The van der Waals surface area contributed by atoms with Crippen molar-refractivity contribution in [1.29, 1.82) is 0 Å². The van der Waals surface area contributed by atoms with Crippen LogP contribution in [0.2, 0.25) is 0 Å². The van der Waals surface area contributed by atoms with Crippen LogP contribution in [-0.4, -0.2) is 17.1 Å². The zero-order chi connectivity index (χ0) is 8.97. The number of carboxylic acid groups (broad SMARTS) is 1. The van der Waals surface area contributed by atoms with Crippen LogP contribution in [0.3, 0.4) is 0 Å². The summed E-state index contributed by atoms with van der Waals surface area (Å²) in [7, 11) is 0. The third kappa shape index (κ3) is 2.51. The molecular formula is C9H13NO2. The van der Waals surface area contributed by atoms with Crippen LogP contribution < -0.4 is 5.73 Å². The highest BCUT2D eigenvalue weighted by Gasteiger charge is 2.13. The molecule has 0 fully saturated rings. The Bertz CT molecular complexity index is 231. The molecule has 1 rings (SSSR count). The monoisotopic (exact) mass is 167 g/mol. The van der Waals surface area contributed by atoms with Gasteiger partial charge in [-0.1, -0.05) is 23.8 Å². The van der Waals surface area contributed by atoms with Crippen LogP contribution in [0.1, 0.15) is 19.3 Å². The topological polar surface area (TPSA) is 63.3 Å². The number of hydrogen-bond donors (Lipinski definition) is 2. The smallest absolute Gasteiger partial charge is 0.305 e. The fourth-order valence-corrected chi connectivity index (χ4v) is 1.25. The average Bonchev–Trinajstić information content (AvgIpc) is 2.05. The van der Waals surface area contributed by atoms with Crippen molar-refractivity contribution >= 4 is 5.97 Å². The first-order valence-corrected chi connectivity index (χ1v) is 4.03. The van der Waals surface area contributed by atoms with Gasteiger partial charge in [0.05, 0.1) is 6.42 Å². The molecule has 0 radical (unpaired) electrons. The van der Waals surface area contributed by atoms with Crippen molar-refractivity contribution in [3.05, 3.63) is 23.8 Å². The largest absolute Gasteiger partial charge is 0.481 e. The Hall–Kier alpha value is -1.09. The van der Waals surface area contributed by atoms with Crippen molar-refractivity contribution < 1.29 is 9.90 Å². The summed E-state index contributed by atoms with van der Waals surface area (Å²) in [5.41, 5.74) is 6.71. The lowest BCUT2D eigenvalue weighted by Crippen LogP contribution is -2.26. The van der Waals surface area contributed by atoms with E-state index in [0.717, 1.165) is 18.4 Å². The van der Waals surface area contributed by atoms with Gasteiger partial charge < -0.3 is 10.8 Å². The normalized spacial score (nSPS) is 18.6. The van der Waals surface area contributed by atoms with Gasteiger partial charge in [-0.25, -0.2) is 0 Å². The molecule has 0 spiro atoms. The van der Waals surface area contributed by atoms with Crippen LogP contribution in [0.4, 0.5) is 0 Å². The first-order chi connectivity index (χ1) is 5.70. The van der Waals surface area contributed by atoms with Gasteiger partial charge in [-0.3, -0.25) is 4.79 Å². The summed E-state index contributed by atoms with van der Waals surface area (Å²) in [6.45, 7) is 0. The number of carbonyl (C=O) groups is 1. The maximum absolute atomic E-state index is 10.3. The van der Waals surface area contributed by atoms with Crippen molar-refractivity contribution in [2.24, 2.45) is 5.73 Å². The van der Waals surface area contributed by atoms with E-state index in [1.165, 1.54) is 0 Å². The number of rotatable bonds is 3. The minimum atomic E-state index is -0.835. The molecule has 0 aromatic rings. The summed E-state index contributed by atoms with van der Waals surface area (Å²) < 4.78 is 0. The van der Waals surface area contributed by atoms with Crippen molar-refractivity contribution in [3.63, 3.8) is 0 Å². The molecule has 0 aliphatic heterocycles. The maximum atomic E-state index is 10.3. The predicted molar refractivity (Wildman–Crippen MR) is 46.7 cm³/mol. The van der Waals surface area contributed by atoms with E-state index in [-0.39, 0.29) is 12.5 Å². The Labute approximate surface area is 71.6 Å². The second-order valence-electron chi connectivity index (χ2n) is 2.91. The lowest BCUT2D eigenvalue weighted by Gasteiger charge is -2.14. The molecule has 66 valence electrons. The molecule has 3 heteroatoms. The lowest BCUT2D eigenvalue weighted by atomic mass is 9.96. The molecule has 0 aromatic heterocycles. The van der Waals surface area contributed by atoms with Crippen molar-refractivity contribution in [2.45, 2.75) is 25.3 Å². The predicted octanol–water partition coefficient (Wildman–Crippen LogP) is 1.06. The summed E-state index contributed by atoms with van der Waals surface area (Å²) >= 11 is 0. The Kier molecular flexibility index (Phi) is 3.05. The quantitative estimate of drug-likeness (QED) is 0.660. The standard InChI is InChI=1S/C9H13NO2/c10-8(6-9(11)12)7-4-2-1-3-5-7/h1-2,4,8H,3,5-6,10H2,(H,11,12). The van der Waals surface area contributed by atoms with E-state index in [4.69, 9.17) is 10.8 Å². The van der Waals surface area contributed by atoms with Gasteiger partial charge in [0, 0.05) is 6.04 Å². The fraction of sp³-hybridized carbons (Fsp3) is 0.444. The van der Waals surface area contributed by atoms with Crippen LogP contribution >= 0.6 is 0 Å². The number of allylic oxidation sites excluding steroid dienone is 3.